The average molecular weight is 252 g/mol. The summed E-state index contributed by atoms with van der Waals surface area (Å²) in [5.74, 6) is 1.37. The summed E-state index contributed by atoms with van der Waals surface area (Å²) in [5.41, 5.74) is 6.28. The molecule has 1 aliphatic rings. The Hall–Kier alpha value is -1.36. The number of rotatable bonds is 2. The summed E-state index contributed by atoms with van der Waals surface area (Å²) in [5, 5.41) is 0. The van der Waals surface area contributed by atoms with Crippen LogP contribution in [0.5, 0.6) is 0 Å². The second-order valence-corrected chi connectivity index (χ2v) is 4.86. The second-order valence-electron chi connectivity index (χ2n) is 4.39. The van der Waals surface area contributed by atoms with E-state index >= 15 is 0 Å². The molecule has 0 saturated carbocycles. The predicted octanol–water partition coefficient (Wildman–Crippen LogP) is 1.79. The maximum Gasteiger partial charge on any atom is 0.257 e. The number of likely N-dealkylation sites (tertiary alicyclic amines) is 1. The van der Waals surface area contributed by atoms with E-state index in [1.54, 1.807) is 17.9 Å². The molecule has 92 valence electrons. The van der Waals surface area contributed by atoms with Crippen LogP contribution in [-0.2, 0) is 0 Å². The molecule has 1 aromatic heterocycles. The molecule has 1 amide bonds. The van der Waals surface area contributed by atoms with Crippen molar-refractivity contribution in [3.63, 3.8) is 0 Å². The zero-order valence-electron chi connectivity index (χ0n) is 10.0. The third-order valence-electron chi connectivity index (χ3n) is 3.11. The van der Waals surface area contributed by atoms with Crippen LogP contribution in [0.1, 0.15) is 34.7 Å². The summed E-state index contributed by atoms with van der Waals surface area (Å²) >= 11 is 5.00. The van der Waals surface area contributed by atoms with Gasteiger partial charge in [-0.2, -0.15) is 0 Å². The lowest BCUT2D eigenvalue weighted by atomic mass is 10.2. The lowest BCUT2D eigenvalue weighted by Crippen LogP contribution is -2.42. The zero-order valence-corrected chi connectivity index (χ0v) is 10.8. The van der Waals surface area contributed by atoms with E-state index in [2.05, 4.69) is 0 Å². The van der Waals surface area contributed by atoms with Crippen molar-refractivity contribution in [2.45, 2.75) is 32.7 Å². The maximum atomic E-state index is 12.3. The monoisotopic (exact) mass is 252 g/mol. The third kappa shape index (κ3) is 2.20. The summed E-state index contributed by atoms with van der Waals surface area (Å²) in [7, 11) is 0. The minimum Gasteiger partial charge on any atom is -0.466 e. The van der Waals surface area contributed by atoms with Gasteiger partial charge in [0.05, 0.1) is 16.6 Å². The average Bonchev–Trinajstić information content (AvgIpc) is 2.83. The van der Waals surface area contributed by atoms with Crippen LogP contribution >= 0.6 is 12.2 Å². The van der Waals surface area contributed by atoms with Gasteiger partial charge < -0.3 is 15.1 Å². The lowest BCUT2D eigenvalue weighted by molar-refractivity contribution is 0.0768. The first-order valence-electron chi connectivity index (χ1n) is 5.68. The molecule has 1 aromatic rings. The highest BCUT2D eigenvalue weighted by Gasteiger charge is 2.32. The molecule has 0 spiro atoms. The fourth-order valence-corrected chi connectivity index (χ4v) is 2.55. The first-order valence-corrected chi connectivity index (χ1v) is 6.09. The van der Waals surface area contributed by atoms with E-state index in [0.717, 1.165) is 18.6 Å². The number of furan rings is 1. The number of thiocarbonyl (C=S) groups is 1. The van der Waals surface area contributed by atoms with Gasteiger partial charge in [-0.25, -0.2) is 0 Å². The molecular formula is C12H16N2O2S. The molecule has 2 rings (SSSR count). The number of carbonyl (C=O) groups is 1. The molecule has 5 heteroatoms. The quantitative estimate of drug-likeness (QED) is 0.815. The maximum absolute atomic E-state index is 12.3. The molecule has 2 heterocycles. The molecule has 1 atom stereocenters. The molecule has 17 heavy (non-hydrogen) atoms. The van der Waals surface area contributed by atoms with Gasteiger partial charge in [-0.05, 0) is 32.8 Å². The molecule has 0 radical (unpaired) electrons. The van der Waals surface area contributed by atoms with Crippen LogP contribution in [0.2, 0.25) is 0 Å². The number of nitrogens with two attached hydrogens (primary N) is 1. The smallest absolute Gasteiger partial charge is 0.257 e. The Balaban J connectivity index is 2.25. The lowest BCUT2D eigenvalue weighted by Gasteiger charge is -2.23. The van der Waals surface area contributed by atoms with Gasteiger partial charge in [-0.15, -0.1) is 0 Å². The Morgan fingerprint density at radius 2 is 2.29 bits per heavy atom. The fourth-order valence-electron chi connectivity index (χ4n) is 2.30. The molecule has 0 aromatic carbocycles. The summed E-state index contributed by atoms with van der Waals surface area (Å²) in [6.07, 6.45) is 1.81. The molecule has 0 aliphatic carbocycles. The Kier molecular flexibility index (Phi) is 3.19. The zero-order chi connectivity index (χ0) is 12.6. The normalized spacial score (nSPS) is 19.6. The molecule has 1 saturated heterocycles. The number of nitrogens with zero attached hydrogens (tertiary/aromatic N) is 1. The van der Waals surface area contributed by atoms with Crippen molar-refractivity contribution in [2.24, 2.45) is 5.73 Å². The van der Waals surface area contributed by atoms with E-state index in [9.17, 15) is 4.79 Å². The minimum atomic E-state index is -0.105. The van der Waals surface area contributed by atoms with E-state index in [0.29, 0.717) is 22.9 Å². The van der Waals surface area contributed by atoms with Crippen molar-refractivity contribution in [1.29, 1.82) is 0 Å². The van der Waals surface area contributed by atoms with Gasteiger partial charge in [-0.1, -0.05) is 12.2 Å². The van der Waals surface area contributed by atoms with Crippen LogP contribution in [0, 0.1) is 13.8 Å². The molecule has 1 unspecified atom stereocenters. The SMILES string of the molecule is Cc1cc(C(=O)N2CCCC2C(N)=S)c(C)o1. The Morgan fingerprint density at radius 3 is 2.82 bits per heavy atom. The van der Waals surface area contributed by atoms with E-state index in [1.165, 1.54) is 0 Å². The minimum absolute atomic E-state index is 0.0327. The van der Waals surface area contributed by atoms with Crippen molar-refractivity contribution >= 4 is 23.1 Å². The summed E-state index contributed by atoms with van der Waals surface area (Å²) in [6, 6.07) is 1.67. The molecular weight excluding hydrogens is 236 g/mol. The Labute approximate surface area is 106 Å². The summed E-state index contributed by atoms with van der Waals surface area (Å²) in [6.45, 7) is 4.34. The van der Waals surface area contributed by atoms with Crippen LogP contribution in [0.4, 0.5) is 0 Å². The van der Waals surface area contributed by atoms with Crippen molar-refractivity contribution in [3.05, 3.63) is 23.2 Å². The predicted molar refractivity (Wildman–Crippen MR) is 69.0 cm³/mol. The van der Waals surface area contributed by atoms with Crippen molar-refractivity contribution in [1.82, 2.24) is 4.90 Å². The van der Waals surface area contributed by atoms with Crippen LogP contribution in [0.15, 0.2) is 10.5 Å². The van der Waals surface area contributed by atoms with E-state index in [4.69, 9.17) is 22.4 Å². The van der Waals surface area contributed by atoms with Crippen molar-refractivity contribution in [3.8, 4) is 0 Å². The highest BCUT2D eigenvalue weighted by atomic mass is 32.1. The van der Waals surface area contributed by atoms with Crippen LogP contribution < -0.4 is 5.73 Å². The molecule has 0 bridgehead atoms. The Morgan fingerprint density at radius 1 is 1.59 bits per heavy atom. The number of hydrogen-bond donors (Lipinski definition) is 1. The van der Waals surface area contributed by atoms with E-state index in [1.807, 2.05) is 6.92 Å². The first kappa shape index (κ1) is 12.1. The fraction of sp³-hybridized carbons (Fsp3) is 0.500. The van der Waals surface area contributed by atoms with Gasteiger partial charge in [0.25, 0.3) is 5.91 Å². The van der Waals surface area contributed by atoms with Crippen LogP contribution in [-0.4, -0.2) is 28.4 Å². The largest absolute Gasteiger partial charge is 0.466 e. The van der Waals surface area contributed by atoms with E-state index in [-0.39, 0.29) is 11.9 Å². The molecule has 4 nitrogen and oxygen atoms in total. The van der Waals surface area contributed by atoms with Gasteiger partial charge in [0.1, 0.15) is 11.5 Å². The molecule has 1 fully saturated rings. The number of aryl methyl sites for hydroxylation is 2. The van der Waals surface area contributed by atoms with Crippen LogP contribution in [0.25, 0.3) is 0 Å². The standard InChI is InChI=1S/C12H16N2O2S/c1-7-6-9(8(2)16-7)12(15)14-5-3-4-10(14)11(13)17/h6,10H,3-5H2,1-2H3,(H2,13,17). The van der Waals surface area contributed by atoms with Crippen molar-refractivity contribution < 1.29 is 9.21 Å². The highest BCUT2D eigenvalue weighted by Crippen LogP contribution is 2.23. The molecule has 2 N–H and O–H groups in total. The van der Waals surface area contributed by atoms with Gasteiger partial charge in [-0.3, -0.25) is 4.79 Å². The van der Waals surface area contributed by atoms with Gasteiger partial charge in [0, 0.05) is 6.54 Å². The van der Waals surface area contributed by atoms with Gasteiger partial charge >= 0.3 is 0 Å². The first-order chi connectivity index (χ1) is 8.00. The molecule has 1 aliphatic heterocycles. The number of carbonyl (C=O) groups excluding carboxylic acids is 1. The highest BCUT2D eigenvalue weighted by molar-refractivity contribution is 7.80. The topological polar surface area (TPSA) is 59.5 Å². The summed E-state index contributed by atoms with van der Waals surface area (Å²) in [4.78, 5) is 14.5. The second kappa shape index (κ2) is 4.49. The number of amides is 1. The van der Waals surface area contributed by atoms with Crippen LogP contribution in [0.3, 0.4) is 0 Å². The van der Waals surface area contributed by atoms with E-state index < -0.39 is 0 Å². The summed E-state index contributed by atoms with van der Waals surface area (Å²) < 4.78 is 5.38. The van der Waals surface area contributed by atoms with Gasteiger partial charge in [0.15, 0.2) is 0 Å². The third-order valence-corrected chi connectivity index (χ3v) is 3.39. The Bertz CT molecular complexity index is 467. The van der Waals surface area contributed by atoms with Crippen molar-refractivity contribution in [2.75, 3.05) is 6.54 Å². The van der Waals surface area contributed by atoms with Gasteiger partial charge in [0.2, 0.25) is 0 Å². The number of hydrogen-bond acceptors (Lipinski definition) is 3.